The van der Waals surface area contributed by atoms with E-state index in [1.807, 2.05) is 0 Å². The van der Waals surface area contributed by atoms with Gasteiger partial charge in [0.2, 0.25) is 0 Å². The monoisotopic (exact) mass is 454 g/mol. The maximum atomic E-state index is 11.8. The zero-order chi connectivity index (χ0) is 24.4. The van der Waals surface area contributed by atoms with Crippen LogP contribution >= 0.6 is 0 Å². The molecule has 0 aromatic heterocycles. The highest BCUT2D eigenvalue weighted by atomic mass is 16.3. The van der Waals surface area contributed by atoms with Crippen LogP contribution in [0.5, 0.6) is 0 Å². The van der Waals surface area contributed by atoms with E-state index in [1.54, 1.807) is 0 Å². The second-order valence-corrected chi connectivity index (χ2v) is 14.8. The van der Waals surface area contributed by atoms with E-state index in [0.717, 1.165) is 24.8 Å². The van der Waals surface area contributed by atoms with Gasteiger partial charge in [-0.05, 0) is 109 Å². The van der Waals surface area contributed by atoms with Gasteiger partial charge in [-0.15, -0.1) is 0 Å². The van der Waals surface area contributed by atoms with Crippen molar-refractivity contribution in [2.45, 2.75) is 113 Å². The molecule has 0 aromatic rings. The fourth-order valence-corrected chi connectivity index (χ4v) is 11.3. The van der Waals surface area contributed by atoms with Gasteiger partial charge in [-0.2, -0.15) is 0 Å². The number of fused-ring (bicyclic) bond motifs is 7. The highest BCUT2D eigenvalue weighted by Gasteiger charge is 2.71. The first-order valence-corrected chi connectivity index (χ1v) is 13.9. The fourth-order valence-electron chi connectivity index (χ4n) is 11.3. The van der Waals surface area contributed by atoms with Gasteiger partial charge in [-0.3, -0.25) is 0 Å². The molecule has 0 saturated heterocycles. The summed E-state index contributed by atoms with van der Waals surface area (Å²) < 4.78 is 0. The molecule has 0 unspecified atom stereocenters. The quantitative estimate of drug-likeness (QED) is 0.407. The molecule has 4 saturated carbocycles. The first-order valence-electron chi connectivity index (χ1n) is 13.9. The number of hydrogen-bond acceptors (Lipinski definition) is 2. The Morgan fingerprint density at radius 2 is 1.52 bits per heavy atom. The average Bonchev–Trinajstić information content (AvgIpc) is 2.71. The molecule has 0 spiro atoms. The van der Waals surface area contributed by atoms with Gasteiger partial charge in [0, 0.05) is 5.41 Å². The normalized spacial score (nSPS) is 57.8. The number of hydrogen-bond donors (Lipinski definition) is 2. The van der Waals surface area contributed by atoms with Crippen LogP contribution in [0, 0.1) is 56.7 Å². The van der Waals surface area contributed by atoms with Gasteiger partial charge in [-0.25, -0.2) is 0 Å². The molecular weight excluding hydrogens is 404 g/mol. The number of aliphatic hydroxyl groups excluding tert-OH is 2. The van der Waals surface area contributed by atoms with E-state index in [9.17, 15) is 10.2 Å². The minimum atomic E-state index is -0.325. The summed E-state index contributed by atoms with van der Waals surface area (Å²) in [6.45, 7) is 23.9. The Bertz CT molecular complexity index is 885. The average molecular weight is 455 g/mol. The fraction of sp³-hybridized carbons (Fsp3) is 0.871. The summed E-state index contributed by atoms with van der Waals surface area (Å²) in [4.78, 5) is 0. The number of allylic oxidation sites excluding steroid dienone is 2. The van der Waals surface area contributed by atoms with Crippen LogP contribution < -0.4 is 0 Å². The SMILES string of the molecule is C=C1C=C(C)[C@@H](C)[C@@H]2[C@H]3CC[C@@H]4[C@@]5(C)CC[C@H](O)C(C)(C)[C@@H]5CC[C@@]4(C)[C@]3(C)C[C@H](O)[C@@]12C. The highest BCUT2D eigenvalue weighted by Crippen LogP contribution is 2.76. The lowest BCUT2D eigenvalue weighted by Crippen LogP contribution is -2.69. The lowest BCUT2D eigenvalue weighted by Gasteiger charge is -2.74. The smallest absolute Gasteiger partial charge is 0.0642 e. The van der Waals surface area contributed by atoms with E-state index in [0.29, 0.717) is 29.6 Å². The molecule has 0 aliphatic heterocycles. The molecule has 2 nitrogen and oxygen atoms in total. The maximum absolute atomic E-state index is 11.8. The van der Waals surface area contributed by atoms with E-state index in [2.05, 4.69) is 68.0 Å². The summed E-state index contributed by atoms with van der Waals surface area (Å²) in [5.74, 6) is 2.86. The van der Waals surface area contributed by atoms with Crippen molar-refractivity contribution in [3.63, 3.8) is 0 Å². The molecular formula is C31H50O2. The van der Waals surface area contributed by atoms with Crippen LogP contribution in [0.4, 0.5) is 0 Å². The van der Waals surface area contributed by atoms with Crippen LogP contribution in [0.25, 0.3) is 0 Å². The summed E-state index contributed by atoms with van der Waals surface area (Å²) in [5.41, 5.74) is 3.05. The van der Waals surface area contributed by atoms with Crippen molar-refractivity contribution in [2.24, 2.45) is 56.7 Å². The predicted octanol–water partition coefficient (Wildman–Crippen LogP) is 7.16. The molecule has 11 atom stereocenters. The molecule has 5 rings (SSSR count). The second-order valence-electron chi connectivity index (χ2n) is 14.8. The lowest BCUT2D eigenvalue weighted by molar-refractivity contribution is -0.262. The largest absolute Gasteiger partial charge is 0.393 e. The topological polar surface area (TPSA) is 40.5 Å². The molecule has 0 radical (unpaired) electrons. The molecule has 4 fully saturated rings. The van der Waals surface area contributed by atoms with E-state index < -0.39 is 0 Å². The van der Waals surface area contributed by atoms with Gasteiger partial charge in [0.25, 0.3) is 0 Å². The third-order valence-corrected chi connectivity index (χ3v) is 13.7. The van der Waals surface area contributed by atoms with E-state index >= 15 is 0 Å². The summed E-state index contributed by atoms with van der Waals surface area (Å²) in [6.07, 6.45) is 9.82. The van der Waals surface area contributed by atoms with Crippen LogP contribution in [0.1, 0.15) is 100 Å². The third-order valence-electron chi connectivity index (χ3n) is 13.7. The zero-order valence-electron chi connectivity index (χ0n) is 22.7. The third kappa shape index (κ3) is 2.69. The van der Waals surface area contributed by atoms with E-state index in [1.165, 1.54) is 31.3 Å². The van der Waals surface area contributed by atoms with E-state index in [-0.39, 0.29) is 39.3 Å². The van der Waals surface area contributed by atoms with Gasteiger partial charge in [0.1, 0.15) is 0 Å². The molecule has 186 valence electrons. The van der Waals surface area contributed by atoms with Gasteiger partial charge in [0.15, 0.2) is 0 Å². The van der Waals surface area contributed by atoms with Crippen LogP contribution in [0.15, 0.2) is 23.8 Å². The van der Waals surface area contributed by atoms with Crippen molar-refractivity contribution in [3.8, 4) is 0 Å². The minimum absolute atomic E-state index is 0.00569. The molecule has 2 heteroatoms. The lowest BCUT2D eigenvalue weighted by atomic mass is 9.31. The van der Waals surface area contributed by atoms with Crippen LogP contribution in [-0.2, 0) is 0 Å². The number of rotatable bonds is 0. The molecule has 0 aromatic carbocycles. The van der Waals surface area contributed by atoms with Gasteiger partial charge < -0.3 is 10.2 Å². The van der Waals surface area contributed by atoms with Crippen LogP contribution in [0.2, 0.25) is 0 Å². The summed E-state index contributed by atoms with van der Waals surface area (Å²) in [5, 5.41) is 22.8. The molecule has 33 heavy (non-hydrogen) atoms. The Labute approximate surface area is 203 Å². The Hall–Kier alpha value is -0.600. The zero-order valence-corrected chi connectivity index (χ0v) is 22.7. The molecule has 5 aliphatic carbocycles. The Morgan fingerprint density at radius 3 is 2.18 bits per heavy atom. The summed E-state index contributed by atoms with van der Waals surface area (Å²) >= 11 is 0. The summed E-state index contributed by atoms with van der Waals surface area (Å²) in [7, 11) is 0. The first-order chi connectivity index (χ1) is 15.2. The highest BCUT2D eigenvalue weighted by molar-refractivity contribution is 5.37. The predicted molar refractivity (Wildman–Crippen MR) is 137 cm³/mol. The van der Waals surface area contributed by atoms with Crippen molar-refractivity contribution in [2.75, 3.05) is 0 Å². The van der Waals surface area contributed by atoms with Crippen molar-refractivity contribution < 1.29 is 10.2 Å². The van der Waals surface area contributed by atoms with Crippen molar-refractivity contribution >= 4 is 0 Å². The van der Waals surface area contributed by atoms with Crippen LogP contribution in [-0.4, -0.2) is 22.4 Å². The Kier molecular flexibility index (Phi) is 5.11. The van der Waals surface area contributed by atoms with Crippen molar-refractivity contribution in [1.29, 1.82) is 0 Å². The summed E-state index contributed by atoms with van der Waals surface area (Å²) in [6, 6.07) is 0. The number of aliphatic hydroxyl groups is 2. The molecule has 2 N–H and O–H groups in total. The van der Waals surface area contributed by atoms with Crippen molar-refractivity contribution in [1.82, 2.24) is 0 Å². The standard InChI is InChI=1S/C31H50O2/c1-18-16-19(2)31(9)25(33)17-30(8)21(26(31)20(18)3)10-11-23-28(6)14-13-24(32)27(4,5)22(28)12-15-29(23,30)7/h16,20-26,32-33H,2,10-15,17H2,1,3-9H3/t20-,21-,22+,23-,24+,25+,26-,28+,29-,30-,31-/m1/s1. The Balaban J connectivity index is 1.59. The van der Waals surface area contributed by atoms with Crippen LogP contribution in [0.3, 0.4) is 0 Å². The molecule has 5 aliphatic rings. The molecule has 0 amide bonds. The molecule has 0 heterocycles. The minimum Gasteiger partial charge on any atom is -0.393 e. The second kappa shape index (κ2) is 7.00. The van der Waals surface area contributed by atoms with Gasteiger partial charge >= 0.3 is 0 Å². The first kappa shape index (κ1) is 24.1. The van der Waals surface area contributed by atoms with Gasteiger partial charge in [-0.1, -0.05) is 66.7 Å². The van der Waals surface area contributed by atoms with Gasteiger partial charge in [0.05, 0.1) is 12.2 Å². The van der Waals surface area contributed by atoms with Crippen molar-refractivity contribution in [3.05, 3.63) is 23.8 Å². The maximum Gasteiger partial charge on any atom is 0.0642 e. The van der Waals surface area contributed by atoms with E-state index in [4.69, 9.17) is 0 Å². The Morgan fingerprint density at radius 1 is 0.848 bits per heavy atom. The molecule has 0 bridgehead atoms.